The monoisotopic (exact) mass is 391 g/mol. The van der Waals surface area contributed by atoms with Gasteiger partial charge in [0.2, 0.25) is 0 Å². The molecule has 0 spiro atoms. The van der Waals surface area contributed by atoms with Gasteiger partial charge < -0.3 is 20.3 Å². The molecule has 0 radical (unpaired) electrons. The van der Waals surface area contributed by atoms with Crippen LogP contribution < -0.4 is 15.5 Å². The normalized spacial score (nSPS) is 14.4. The van der Waals surface area contributed by atoms with Gasteiger partial charge in [0, 0.05) is 23.2 Å². The summed E-state index contributed by atoms with van der Waals surface area (Å²) in [6, 6.07) is 16.1. The Hall–Kier alpha value is -1.63. The molecule has 3 rings (SSSR count). The summed E-state index contributed by atoms with van der Waals surface area (Å²) in [6.45, 7) is 3.30. The Kier molecular flexibility index (Phi) is 5.48. The maximum absolute atomic E-state index is 5.44. The van der Waals surface area contributed by atoms with Gasteiger partial charge in [-0.15, -0.1) is 0 Å². The lowest BCUT2D eigenvalue weighted by Gasteiger charge is -2.30. The average Bonchev–Trinajstić information content (AvgIpc) is 2.56. The fraction of sp³-hybridized carbons (Fsp3) is 0.235. The van der Waals surface area contributed by atoms with Crippen molar-refractivity contribution >= 4 is 50.3 Å². The van der Waals surface area contributed by atoms with Gasteiger partial charge in [-0.05, 0) is 42.5 Å². The van der Waals surface area contributed by atoms with Crippen molar-refractivity contribution in [2.75, 3.05) is 41.8 Å². The third-order valence-electron chi connectivity index (χ3n) is 3.59. The molecule has 2 aromatic carbocycles. The van der Waals surface area contributed by atoms with Gasteiger partial charge in [-0.3, -0.25) is 0 Å². The zero-order valence-corrected chi connectivity index (χ0v) is 15.0. The quantitative estimate of drug-likeness (QED) is 0.770. The van der Waals surface area contributed by atoms with Crippen LogP contribution >= 0.6 is 28.1 Å². The summed E-state index contributed by atoms with van der Waals surface area (Å²) in [4.78, 5) is 2.31. The molecule has 0 aromatic heterocycles. The molecule has 1 aliphatic rings. The highest BCUT2D eigenvalue weighted by Crippen LogP contribution is 2.26. The summed E-state index contributed by atoms with van der Waals surface area (Å²) in [7, 11) is 0. The van der Waals surface area contributed by atoms with E-state index < -0.39 is 0 Å². The first-order valence-corrected chi connectivity index (χ1v) is 8.68. The van der Waals surface area contributed by atoms with Crippen molar-refractivity contribution in [1.29, 1.82) is 0 Å². The molecular formula is C17H18BrN3OS. The average molecular weight is 392 g/mol. The van der Waals surface area contributed by atoms with Gasteiger partial charge in [-0.25, -0.2) is 0 Å². The van der Waals surface area contributed by atoms with Gasteiger partial charge >= 0.3 is 0 Å². The first kappa shape index (κ1) is 16.2. The molecule has 1 aliphatic heterocycles. The Bertz CT molecular complexity index is 689. The van der Waals surface area contributed by atoms with Crippen molar-refractivity contribution in [2.24, 2.45) is 0 Å². The van der Waals surface area contributed by atoms with E-state index in [9.17, 15) is 0 Å². The van der Waals surface area contributed by atoms with E-state index in [1.165, 1.54) is 0 Å². The summed E-state index contributed by atoms with van der Waals surface area (Å²) in [5.41, 5.74) is 3.09. The van der Waals surface area contributed by atoms with Crippen LogP contribution in [0.1, 0.15) is 0 Å². The molecule has 0 amide bonds. The van der Waals surface area contributed by atoms with Crippen molar-refractivity contribution < 1.29 is 4.74 Å². The van der Waals surface area contributed by atoms with Crippen LogP contribution in [0.25, 0.3) is 0 Å². The number of benzene rings is 2. The van der Waals surface area contributed by atoms with E-state index in [1.54, 1.807) is 0 Å². The second kappa shape index (κ2) is 7.77. The van der Waals surface area contributed by atoms with Crippen LogP contribution in [-0.2, 0) is 4.74 Å². The summed E-state index contributed by atoms with van der Waals surface area (Å²) in [5, 5.41) is 7.08. The molecule has 2 N–H and O–H groups in total. The van der Waals surface area contributed by atoms with Crippen LogP contribution in [0, 0.1) is 0 Å². The standard InChI is InChI=1S/C17H18BrN3OS/c18-13-4-3-5-14(12-13)19-17(23)20-15-6-1-2-7-16(15)21-8-10-22-11-9-21/h1-7,12H,8-11H2,(H2,19,20,23). The molecule has 120 valence electrons. The highest BCUT2D eigenvalue weighted by Gasteiger charge is 2.14. The molecule has 1 saturated heterocycles. The molecule has 6 heteroatoms. The maximum atomic E-state index is 5.44. The van der Waals surface area contributed by atoms with Gasteiger partial charge in [0.1, 0.15) is 0 Å². The lowest BCUT2D eigenvalue weighted by molar-refractivity contribution is 0.123. The minimum atomic E-state index is 0.573. The maximum Gasteiger partial charge on any atom is 0.175 e. The Morgan fingerprint density at radius 3 is 2.61 bits per heavy atom. The number of rotatable bonds is 3. The number of thiocarbonyl (C=S) groups is 1. The van der Waals surface area contributed by atoms with Crippen molar-refractivity contribution in [3.05, 3.63) is 53.0 Å². The Balaban J connectivity index is 1.71. The van der Waals surface area contributed by atoms with Crippen LogP contribution in [0.15, 0.2) is 53.0 Å². The summed E-state index contributed by atoms with van der Waals surface area (Å²) in [5.74, 6) is 0. The van der Waals surface area contributed by atoms with E-state index in [1.807, 2.05) is 42.5 Å². The number of anilines is 3. The minimum absolute atomic E-state index is 0.573. The van der Waals surface area contributed by atoms with Gasteiger partial charge in [0.25, 0.3) is 0 Å². The highest BCUT2D eigenvalue weighted by molar-refractivity contribution is 9.10. The third kappa shape index (κ3) is 4.43. The summed E-state index contributed by atoms with van der Waals surface area (Å²) < 4.78 is 6.44. The van der Waals surface area contributed by atoms with E-state index in [2.05, 4.69) is 37.5 Å². The number of ether oxygens (including phenoxy) is 1. The van der Waals surface area contributed by atoms with Crippen molar-refractivity contribution in [3.63, 3.8) is 0 Å². The van der Waals surface area contributed by atoms with Crippen LogP contribution in [-0.4, -0.2) is 31.4 Å². The molecule has 2 aromatic rings. The second-order valence-corrected chi connectivity index (χ2v) is 6.53. The SMILES string of the molecule is S=C(Nc1cccc(Br)c1)Nc1ccccc1N1CCOCC1. The second-order valence-electron chi connectivity index (χ2n) is 5.21. The Morgan fingerprint density at radius 1 is 1.04 bits per heavy atom. The molecule has 4 nitrogen and oxygen atoms in total. The van der Waals surface area contributed by atoms with Crippen LogP contribution in [0.2, 0.25) is 0 Å². The smallest absolute Gasteiger partial charge is 0.175 e. The Labute approximate surface area is 150 Å². The van der Waals surface area contributed by atoms with Crippen molar-refractivity contribution in [3.8, 4) is 0 Å². The molecular weight excluding hydrogens is 374 g/mol. The zero-order chi connectivity index (χ0) is 16.1. The molecule has 0 aliphatic carbocycles. The van der Waals surface area contributed by atoms with E-state index in [4.69, 9.17) is 17.0 Å². The molecule has 0 saturated carbocycles. The first-order valence-electron chi connectivity index (χ1n) is 7.48. The fourth-order valence-electron chi connectivity index (χ4n) is 2.51. The lowest BCUT2D eigenvalue weighted by atomic mass is 10.2. The van der Waals surface area contributed by atoms with E-state index in [-0.39, 0.29) is 0 Å². The van der Waals surface area contributed by atoms with Gasteiger partial charge in [0.05, 0.1) is 24.6 Å². The number of nitrogens with one attached hydrogen (secondary N) is 2. The first-order chi connectivity index (χ1) is 11.2. The predicted octanol–water partition coefficient (Wildman–Crippen LogP) is 4.09. The highest BCUT2D eigenvalue weighted by atomic mass is 79.9. The van der Waals surface area contributed by atoms with E-state index >= 15 is 0 Å². The number of hydrogen-bond donors (Lipinski definition) is 2. The lowest BCUT2D eigenvalue weighted by Crippen LogP contribution is -2.36. The fourth-order valence-corrected chi connectivity index (χ4v) is 3.14. The van der Waals surface area contributed by atoms with E-state index in [0.29, 0.717) is 5.11 Å². The van der Waals surface area contributed by atoms with Crippen molar-refractivity contribution in [2.45, 2.75) is 0 Å². The largest absolute Gasteiger partial charge is 0.378 e. The van der Waals surface area contributed by atoms with Gasteiger partial charge in [-0.2, -0.15) is 0 Å². The van der Waals surface area contributed by atoms with Crippen LogP contribution in [0.4, 0.5) is 17.1 Å². The van der Waals surface area contributed by atoms with Crippen molar-refractivity contribution in [1.82, 2.24) is 0 Å². The number of nitrogens with zero attached hydrogens (tertiary/aromatic N) is 1. The minimum Gasteiger partial charge on any atom is -0.378 e. The molecule has 1 heterocycles. The number of hydrogen-bond acceptors (Lipinski definition) is 3. The number of halogens is 1. The summed E-state index contributed by atoms with van der Waals surface area (Å²) in [6.07, 6.45) is 0. The number of para-hydroxylation sites is 2. The van der Waals surface area contributed by atoms with Gasteiger partial charge in [-0.1, -0.05) is 34.1 Å². The zero-order valence-electron chi connectivity index (χ0n) is 12.6. The Morgan fingerprint density at radius 2 is 1.83 bits per heavy atom. The topological polar surface area (TPSA) is 36.5 Å². The predicted molar refractivity (Wildman–Crippen MR) is 103 cm³/mol. The van der Waals surface area contributed by atoms with Crippen LogP contribution in [0.5, 0.6) is 0 Å². The number of morpholine rings is 1. The molecule has 0 unspecified atom stereocenters. The molecule has 0 bridgehead atoms. The molecule has 23 heavy (non-hydrogen) atoms. The van der Waals surface area contributed by atoms with Crippen LogP contribution in [0.3, 0.4) is 0 Å². The van der Waals surface area contributed by atoms with Gasteiger partial charge in [0.15, 0.2) is 5.11 Å². The third-order valence-corrected chi connectivity index (χ3v) is 4.28. The molecule has 1 fully saturated rings. The summed E-state index contributed by atoms with van der Waals surface area (Å²) >= 11 is 8.90. The molecule has 0 atom stereocenters. The van der Waals surface area contributed by atoms with E-state index in [0.717, 1.165) is 47.8 Å².